The number of rotatable bonds is 5. The van der Waals surface area contributed by atoms with Crippen LogP contribution in [-0.4, -0.2) is 35.2 Å². The highest BCUT2D eigenvalue weighted by molar-refractivity contribution is 7.09. The Morgan fingerprint density at radius 2 is 2.38 bits per heavy atom. The molecule has 0 spiro atoms. The van der Waals surface area contributed by atoms with Crippen molar-refractivity contribution in [2.24, 2.45) is 0 Å². The number of hydrogen-bond donors (Lipinski definition) is 1. The summed E-state index contributed by atoms with van der Waals surface area (Å²) in [6.07, 6.45) is 0.842. The zero-order valence-electron chi connectivity index (χ0n) is 8.16. The SMILES string of the molecule is Cc1ncsc1CN(C)CCCO. The molecule has 0 unspecified atom stereocenters. The first kappa shape index (κ1) is 10.6. The van der Waals surface area contributed by atoms with Crippen LogP contribution < -0.4 is 0 Å². The summed E-state index contributed by atoms with van der Waals surface area (Å²) in [6, 6.07) is 0. The number of nitrogens with zero attached hydrogens (tertiary/aromatic N) is 2. The number of hydrogen-bond acceptors (Lipinski definition) is 4. The van der Waals surface area contributed by atoms with Crippen LogP contribution in [0, 0.1) is 6.92 Å². The molecule has 74 valence electrons. The van der Waals surface area contributed by atoms with E-state index in [0.29, 0.717) is 0 Å². The Morgan fingerprint density at radius 3 is 2.92 bits per heavy atom. The predicted octanol–water partition coefficient (Wildman–Crippen LogP) is 1.27. The molecule has 0 aliphatic heterocycles. The van der Waals surface area contributed by atoms with Crippen LogP contribution in [0.4, 0.5) is 0 Å². The van der Waals surface area contributed by atoms with Crippen molar-refractivity contribution in [2.45, 2.75) is 19.9 Å². The molecule has 1 aromatic heterocycles. The van der Waals surface area contributed by atoms with Crippen molar-refractivity contribution >= 4 is 11.3 Å². The van der Waals surface area contributed by atoms with Crippen LogP contribution >= 0.6 is 11.3 Å². The maximum absolute atomic E-state index is 8.66. The van der Waals surface area contributed by atoms with Gasteiger partial charge in [-0.05, 0) is 20.4 Å². The standard InChI is InChI=1S/C9H16N2OS/c1-8-9(13-7-10-8)6-11(2)4-3-5-12/h7,12H,3-6H2,1-2H3. The van der Waals surface area contributed by atoms with Gasteiger partial charge in [0.25, 0.3) is 0 Å². The topological polar surface area (TPSA) is 36.4 Å². The van der Waals surface area contributed by atoms with E-state index in [-0.39, 0.29) is 6.61 Å². The maximum Gasteiger partial charge on any atom is 0.0798 e. The third kappa shape index (κ3) is 3.42. The molecule has 1 rings (SSSR count). The van der Waals surface area contributed by atoms with E-state index in [0.717, 1.165) is 25.2 Å². The van der Waals surface area contributed by atoms with Gasteiger partial charge in [0.15, 0.2) is 0 Å². The number of thiazole rings is 1. The molecule has 0 bridgehead atoms. The van der Waals surface area contributed by atoms with E-state index < -0.39 is 0 Å². The van der Waals surface area contributed by atoms with E-state index in [1.54, 1.807) is 11.3 Å². The first-order valence-electron chi connectivity index (χ1n) is 4.42. The normalized spacial score (nSPS) is 11.1. The summed E-state index contributed by atoms with van der Waals surface area (Å²) in [6.45, 7) is 4.18. The predicted molar refractivity (Wildman–Crippen MR) is 54.9 cm³/mol. The molecule has 0 fully saturated rings. The highest BCUT2D eigenvalue weighted by Crippen LogP contribution is 2.13. The van der Waals surface area contributed by atoms with Crippen molar-refractivity contribution in [3.05, 3.63) is 16.1 Å². The Hall–Kier alpha value is -0.450. The molecule has 1 heterocycles. The molecule has 3 nitrogen and oxygen atoms in total. The highest BCUT2D eigenvalue weighted by Gasteiger charge is 2.04. The molecular weight excluding hydrogens is 184 g/mol. The summed E-state index contributed by atoms with van der Waals surface area (Å²) >= 11 is 1.70. The molecule has 13 heavy (non-hydrogen) atoms. The van der Waals surface area contributed by atoms with E-state index in [2.05, 4.69) is 16.9 Å². The second-order valence-corrected chi connectivity index (χ2v) is 4.12. The molecule has 0 atom stereocenters. The van der Waals surface area contributed by atoms with Gasteiger partial charge in [-0.2, -0.15) is 0 Å². The monoisotopic (exact) mass is 200 g/mol. The van der Waals surface area contributed by atoms with Crippen molar-refractivity contribution in [3.8, 4) is 0 Å². The van der Waals surface area contributed by atoms with Gasteiger partial charge in [0.05, 0.1) is 11.2 Å². The van der Waals surface area contributed by atoms with Gasteiger partial charge in [0.2, 0.25) is 0 Å². The lowest BCUT2D eigenvalue weighted by molar-refractivity contribution is 0.245. The van der Waals surface area contributed by atoms with Crippen LogP contribution in [-0.2, 0) is 6.54 Å². The summed E-state index contributed by atoms with van der Waals surface area (Å²) in [5, 5.41) is 8.66. The molecular formula is C9H16N2OS. The second-order valence-electron chi connectivity index (χ2n) is 3.18. The maximum atomic E-state index is 8.66. The van der Waals surface area contributed by atoms with Crippen molar-refractivity contribution in [1.29, 1.82) is 0 Å². The van der Waals surface area contributed by atoms with Gasteiger partial charge in [-0.15, -0.1) is 11.3 Å². The molecule has 0 aliphatic carbocycles. The summed E-state index contributed by atoms with van der Waals surface area (Å²) < 4.78 is 0. The molecule has 0 saturated carbocycles. The van der Waals surface area contributed by atoms with Crippen molar-refractivity contribution in [3.63, 3.8) is 0 Å². The van der Waals surface area contributed by atoms with Crippen LogP contribution in [0.15, 0.2) is 5.51 Å². The van der Waals surface area contributed by atoms with E-state index >= 15 is 0 Å². The number of aryl methyl sites for hydroxylation is 1. The van der Waals surface area contributed by atoms with E-state index in [9.17, 15) is 0 Å². The zero-order chi connectivity index (χ0) is 9.68. The van der Waals surface area contributed by atoms with Crippen molar-refractivity contribution in [2.75, 3.05) is 20.2 Å². The Kier molecular flexibility index (Phi) is 4.35. The number of aliphatic hydroxyl groups excluding tert-OH is 1. The first-order valence-corrected chi connectivity index (χ1v) is 5.30. The van der Waals surface area contributed by atoms with Crippen molar-refractivity contribution in [1.82, 2.24) is 9.88 Å². The summed E-state index contributed by atoms with van der Waals surface area (Å²) in [5.41, 5.74) is 3.01. The van der Waals surface area contributed by atoms with Crippen molar-refractivity contribution < 1.29 is 5.11 Å². The minimum absolute atomic E-state index is 0.270. The Bertz CT molecular complexity index is 250. The summed E-state index contributed by atoms with van der Waals surface area (Å²) in [4.78, 5) is 7.72. The average molecular weight is 200 g/mol. The molecule has 0 aromatic carbocycles. The summed E-state index contributed by atoms with van der Waals surface area (Å²) in [5.74, 6) is 0. The van der Waals surface area contributed by atoms with Gasteiger partial charge in [-0.1, -0.05) is 0 Å². The highest BCUT2D eigenvalue weighted by atomic mass is 32.1. The largest absolute Gasteiger partial charge is 0.396 e. The smallest absolute Gasteiger partial charge is 0.0798 e. The molecule has 1 aromatic rings. The van der Waals surface area contributed by atoms with Gasteiger partial charge in [0, 0.05) is 24.6 Å². The third-order valence-corrected chi connectivity index (χ3v) is 2.88. The number of aliphatic hydroxyl groups is 1. The first-order chi connectivity index (χ1) is 6.24. The lowest BCUT2D eigenvalue weighted by atomic mass is 10.3. The molecule has 0 aliphatic rings. The Labute approximate surface area is 83.0 Å². The lowest BCUT2D eigenvalue weighted by Gasteiger charge is -2.14. The molecule has 0 radical (unpaired) electrons. The third-order valence-electron chi connectivity index (χ3n) is 1.96. The van der Waals surface area contributed by atoms with Crippen LogP contribution in [0.25, 0.3) is 0 Å². The van der Waals surface area contributed by atoms with E-state index in [4.69, 9.17) is 5.11 Å². The molecule has 1 N–H and O–H groups in total. The van der Waals surface area contributed by atoms with Crippen LogP contribution in [0.3, 0.4) is 0 Å². The number of aromatic nitrogens is 1. The summed E-state index contributed by atoms with van der Waals surface area (Å²) in [7, 11) is 2.06. The van der Waals surface area contributed by atoms with Crippen LogP contribution in [0.1, 0.15) is 17.0 Å². The lowest BCUT2D eigenvalue weighted by Crippen LogP contribution is -2.19. The fourth-order valence-electron chi connectivity index (χ4n) is 1.14. The van der Waals surface area contributed by atoms with E-state index in [1.807, 2.05) is 12.4 Å². The minimum Gasteiger partial charge on any atom is -0.396 e. The fourth-order valence-corrected chi connectivity index (χ4v) is 2.00. The quantitative estimate of drug-likeness (QED) is 0.777. The molecule has 4 heteroatoms. The second kappa shape index (κ2) is 5.32. The van der Waals surface area contributed by atoms with Gasteiger partial charge in [-0.3, -0.25) is 0 Å². The van der Waals surface area contributed by atoms with Crippen LogP contribution in [0.5, 0.6) is 0 Å². The van der Waals surface area contributed by atoms with Gasteiger partial charge >= 0.3 is 0 Å². The van der Waals surface area contributed by atoms with Gasteiger partial charge < -0.3 is 10.0 Å². The van der Waals surface area contributed by atoms with E-state index in [1.165, 1.54) is 4.88 Å². The minimum atomic E-state index is 0.270. The average Bonchev–Trinajstić information content (AvgIpc) is 2.48. The Morgan fingerprint density at radius 1 is 1.62 bits per heavy atom. The fraction of sp³-hybridized carbons (Fsp3) is 0.667. The molecule has 0 amide bonds. The van der Waals surface area contributed by atoms with Gasteiger partial charge in [0.1, 0.15) is 0 Å². The molecule has 0 saturated heterocycles. The zero-order valence-corrected chi connectivity index (χ0v) is 8.97. The Balaban J connectivity index is 2.36. The van der Waals surface area contributed by atoms with Gasteiger partial charge in [-0.25, -0.2) is 4.98 Å². The van der Waals surface area contributed by atoms with Crippen LogP contribution in [0.2, 0.25) is 0 Å².